The Hall–Kier alpha value is -3.97. The molecular formula is C24H17ClN4O3. The smallest absolute Gasteiger partial charge is 0.247 e. The van der Waals surface area contributed by atoms with Gasteiger partial charge in [-0.15, -0.1) is 5.10 Å². The van der Waals surface area contributed by atoms with Crippen LogP contribution in [0.3, 0.4) is 0 Å². The number of benzene rings is 2. The summed E-state index contributed by atoms with van der Waals surface area (Å²) in [6.07, 6.45) is 4.79. The van der Waals surface area contributed by atoms with E-state index in [4.69, 9.17) is 20.8 Å². The summed E-state index contributed by atoms with van der Waals surface area (Å²) in [5.41, 5.74) is 2.91. The predicted molar refractivity (Wildman–Crippen MR) is 120 cm³/mol. The number of aromatic nitrogens is 4. The van der Waals surface area contributed by atoms with E-state index >= 15 is 0 Å². The van der Waals surface area contributed by atoms with Gasteiger partial charge in [-0.25, -0.2) is 4.98 Å². The maximum atomic E-state index is 13.4. The van der Waals surface area contributed by atoms with Crippen molar-refractivity contribution >= 4 is 28.3 Å². The Kier molecular flexibility index (Phi) is 5.17. The Morgan fingerprint density at radius 3 is 2.75 bits per heavy atom. The van der Waals surface area contributed by atoms with E-state index in [1.54, 1.807) is 25.4 Å². The van der Waals surface area contributed by atoms with Crippen molar-refractivity contribution in [1.82, 2.24) is 19.7 Å². The quantitative estimate of drug-likeness (QED) is 0.342. The molecule has 0 bridgehead atoms. The summed E-state index contributed by atoms with van der Waals surface area (Å²) >= 11 is 6.01. The van der Waals surface area contributed by atoms with Crippen molar-refractivity contribution in [2.45, 2.75) is 6.54 Å². The van der Waals surface area contributed by atoms with Crippen molar-refractivity contribution in [3.63, 3.8) is 0 Å². The summed E-state index contributed by atoms with van der Waals surface area (Å²) < 4.78 is 13.1. The fourth-order valence-electron chi connectivity index (χ4n) is 3.55. The molecule has 8 heteroatoms. The summed E-state index contributed by atoms with van der Waals surface area (Å²) in [6.45, 7) is 0.578. The molecule has 0 fully saturated rings. The fourth-order valence-corrected chi connectivity index (χ4v) is 3.67. The van der Waals surface area contributed by atoms with Crippen molar-refractivity contribution < 1.29 is 13.9 Å². The number of carbonyl (C=O) groups excluding carboxylic acids is 1. The molecule has 0 aliphatic rings. The number of ether oxygens (including phenoxy) is 1. The van der Waals surface area contributed by atoms with Gasteiger partial charge in [0.15, 0.2) is 5.76 Å². The molecule has 2 aromatic carbocycles. The van der Waals surface area contributed by atoms with E-state index in [2.05, 4.69) is 15.2 Å². The number of rotatable bonds is 6. The molecule has 0 aliphatic heterocycles. The van der Waals surface area contributed by atoms with Crippen molar-refractivity contribution in [3.05, 3.63) is 95.1 Å². The van der Waals surface area contributed by atoms with Crippen LogP contribution in [0.2, 0.25) is 5.02 Å². The Morgan fingerprint density at radius 2 is 2.00 bits per heavy atom. The number of nitrogens with zero attached hydrogens (tertiary/aromatic N) is 4. The topological polar surface area (TPSA) is 83.0 Å². The van der Waals surface area contributed by atoms with E-state index in [-0.39, 0.29) is 17.4 Å². The number of methoxy groups -OCH3 is 1. The maximum Gasteiger partial charge on any atom is 0.247 e. The minimum Gasteiger partial charge on any atom is -0.497 e. The third kappa shape index (κ3) is 3.74. The molecule has 0 amide bonds. The Balaban J connectivity index is 1.56. The Morgan fingerprint density at radius 1 is 1.16 bits per heavy atom. The van der Waals surface area contributed by atoms with Gasteiger partial charge >= 0.3 is 0 Å². The van der Waals surface area contributed by atoms with Gasteiger partial charge in [-0.05, 0) is 48.0 Å². The van der Waals surface area contributed by atoms with E-state index in [0.29, 0.717) is 28.6 Å². The normalized spacial score (nSPS) is 11.1. The van der Waals surface area contributed by atoms with Crippen LogP contribution in [0.1, 0.15) is 21.7 Å². The standard InChI is InChI=1S/C24H17ClN4O3/c1-31-17-8-9-21-18(11-17)19(14-29(21)13-15-4-6-16(25)7-5-15)23(30)22-12-26-24(32-22)20-3-2-10-27-28-20/h2-12,14H,13H2,1H3. The van der Waals surface area contributed by atoms with Gasteiger partial charge in [0.2, 0.25) is 11.7 Å². The minimum atomic E-state index is -0.277. The van der Waals surface area contributed by atoms with E-state index in [9.17, 15) is 4.79 Å². The van der Waals surface area contributed by atoms with Gasteiger partial charge in [-0.3, -0.25) is 4.79 Å². The lowest BCUT2D eigenvalue weighted by molar-refractivity contribution is 0.101. The molecule has 0 saturated carbocycles. The molecule has 158 valence electrons. The average molecular weight is 445 g/mol. The van der Waals surface area contributed by atoms with Gasteiger partial charge in [0, 0.05) is 34.9 Å². The zero-order valence-corrected chi connectivity index (χ0v) is 17.8. The third-order valence-electron chi connectivity index (χ3n) is 5.12. The van der Waals surface area contributed by atoms with Gasteiger partial charge < -0.3 is 13.7 Å². The molecule has 3 heterocycles. The van der Waals surface area contributed by atoms with E-state index < -0.39 is 0 Å². The van der Waals surface area contributed by atoms with Crippen LogP contribution in [0.4, 0.5) is 0 Å². The van der Waals surface area contributed by atoms with Crippen LogP contribution in [0, 0.1) is 0 Å². The van der Waals surface area contributed by atoms with Crippen molar-refractivity contribution in [3.8, 4) is 17.3 Å². The third-order valence-corrected chi connectivity index (χ3v) is 5.37. The number of halogens is 1. The SMILES string of the molecule is COc1ccc2c(c1)c(C(=O)c1cnc(-c3cccnn3)o1)cn2Cc1ccc(Cl)cc1. The van der Waals surface area contributed by atoms with Gasteiger partial charge in [0.05, 0.1) is 18.9 Å². The molecule has 0 saturated heterocycles. The van der Waals surface area contributed by atoms with Crippen LogP contribution < -0.4 is 4.74 Å². The first-order valence-corrected chi connectivity index (χ1v) is 10.2. The highest BCUT2D eigenvalue weighted by atomic mass is 35.5. The first-order chi connectivity index (χ1) is 15.6. The summed E-state index contributed by atoms with van der Waals surface area (Å²) in [6, 6.07) is 16.7. The van der Waals surface area contributed by atoms with Gasteiger partial charge in [0.1, 0.15) is 11.4 Å². The van der Waals surface area contributed by atoms with E-state index in [1.807, 2.05) is 53.2 Å². The largest absolute Gasteiger partial charge is 0.497 e. The molecular weight excluding hydrogens is 428 g/mol. The molecule has 0 atom stereocenters. The Labute approximate surface area is 188 Å². The lowest BCUT2D eigenvalue weighted by Gasteiger charge is -2.06. The monoisotopic (exact) mass is 444 g/mol. The summed E-state index contributed by atoms with van der Waals surface area (Å²) in [5, 5.41) is 9.24. The predicted octanol–water partition coefficient (Wildman–Crippen LogP) is 5.03. The van der Waals surface area contributed by atoms with Gasteiger partial charge in [-0.2, -0.15) is 5.10 Å². The second-order valence-electron chi connectivity index (χ2n) is 7.15. The molecule has 5 rings (SSSR count). The van der Waals surface area contributed by atoms with Crippen molar-refractivity contribution in [1.29, 1.82) is 0 Å². The molecule has 0 spiro atoms. The average Bonchev–Trinajstić information content (AvgIpc) is 3.46. The zero-order valence-electron chi connectivity index (χ0n) is 17.0. The van der Waals surface area contributed by atoms with Gasteiger partial charge in [-0.1, -0.05) is 23.7 Å². The number of oxazole rings is 1. The van der Waals surface area contributed by atoms with Crippen LogP contribution in [0.5, 0.6) is 5.75 Å². The first-order valence-electron chi connectivity index (χ1n) is 9.82. The zero-order chi connectivity index (χ0) is 22.1. The van der Waals surface area contributed by atoms with Crippen LogP contribution in [-0.2, 0) is 6.54 Å². The maximum absolute atomic E-state index is 13.4. The van der Waals surface area contributed by atoms with Crippen molar-refractivity contribution in [2.24, 2.45) is 0 Å². The number of hydrogen-bond donors (Lipinski definition) is 0. The molecule has 0 unspecified atom stereocenters. The molecule has 5 aromatic rings. The highest BCUT2D eigenvalue weighted by molar-refractivity contribution is 6.30. The van der Waals surface area contributed by atoms with Crippen LogP contribution in [-0.4, -0.2) is 32.6 Å². The number of carbonyl (C=O) groups is 1. The molecule has 3 aromatic heterocycles. The minimum absolute atomic E-state index is 0.124. The molecule has 0 aliphatic carbocycles. The summed E-state index contributed by atoms with van der Waals surface area (Å²) in [5.74, 6) is 0.748. The van der Waals surface area contributed by atoms with Crippen LogP contribution in [0.15, 0.2) is 77.6 Å². The molecule has 0 N–H and O–H groups in total. The number of hydrogen-bond acceptors (Lipinski definition) is 6. The highest BCUT2D eigenvalue weighted by Gasteiger charge is 2.22. The second kappa shape index (κ2) is 8.28. The molecule has 32 heavy (non-hydrogen) atoms. The summed E-state index contributed by atoms with van der Waals surface area (Å²) in [4.78, 5) is 17.6. The van der Waals surface area contributed by atoms with Gasteiger partial charge in [0.25, 0.3) is 0 Å². The van der Waals surface area contributed by atoms with E-state index in [0.717, 1.165) is 16.5 Å². The van der Waals surface area contributed by atoms with E-state index in [1.165, 1.54) is 6.20 Å². The fraction of sp³-hybridized carbons (Fsp3) is 0.0833. The Bertz CT molecular complexity index is 1410. The second-order valence-corrected chi connectivity index (χ2v) is 7.58. The first kappa shape index (κ1) is 20.0. The lowest BCUT2D eigenvalue weighted by atomic mass is 10.1. The summed E-state index contributed by atoms with van der Waals surface area (Å²) in [7, 11) is 1.59. The molecule has 7 nitrogen and oxygen atoms in total. The highest BCUT2D eigenvalue weighted by Crippen LogP contribution is 2.29. The lowest BCUT2D eigenvalue weighted by Crippen LogP contribution is -2.00. The van der Waals surface area contributed by atoms with Crippen LogP contribution >= 0.6 is 11.6 Å². The number of fused-ring (bicyclic) bond motifs is 1. The number of ketones is 1. The van der Waals surface area contributed by atoms with Crippen molar-refractivity contribution in [2.75, 3.05) is 7.11 Å². The molecule has 0 radical (unpaired) electrons. The van der Waals surface area contributed by atoms with Crippen LogP contribution in [0.25, 0.3) is 22.5 Å².